The number of alkyl halides is 1. The number of hydrogen-bond donors (Lipinski definition) is 1. The second kappa shape index (κ2) is 7.63. The summed E-state index contributed by atoms with van der Waals surface area (Å²) in [7, 11) is 2.08. The second-order valence-corrected chi connectivity index (χ2v) is 9.17. The second-order valence-electron chi connectivity index (χ2n) is 8.23. The number of piperidine rings is 2. The number of benzene rings is 1. The summed E-state index contributed by atoms with van der Waals surface area (Å²) in [4.78, 5) is 2.29. The number of halogens is 1. The lowest BCUT2D eigenvalue weighted by Gasteiger charge is -2.47. The number of ether oxygens (including phenoxy) is 1. The molecule has 2 bridgehead atoms. The standard InChI is InChI=1S/C21H24FN5O2S/c1-12-5-6-27(25-12)14-3-4-18(19(28)11-14)20-23-24-21(30-20)29-17-9-15-7-13(22)8-16(10-17)26(15)2/h3-6,11,13,15-17,28H,7-10H2,1-2H3. The van der Waals surface area contributed by atoms with Gasteiger partial charge < -0.3 is 9.84 Å². The molecule has 0 amide bonds. The first-order valence-corrected chi connectivity index (χ1v) is 11.0. The molecule has 2 saturated heterocycles. The Kier molecular flexibility index (Phi) is 4.94. The lowest BCUT2D eigenvalue weighted by molar-refractivity contribution is -0.0263. The van der Waals surface area contributed by atoms with Crippen LogP contribution in [0.2, 0.25) is 0 Å². The van der Waals surface area contributed by atoms with Gasteiger partial charge in [-0.3, -0.25) is 4.90 Å². The molecule has 0 saturated carbocycles. The number of nitrogens with zero attached hydrogens (tertiary/aromatic N) is 5. The first kappa shape index (κ1) is 19.4. The van der Waals surface area contributed by atoms with Crippen LogP contribution in [0.3, 0.4) is 0 Å². The summed E-state index contributed by atoms with van der Waals surface area (Å²) in [5.41, 5.74) is 2.29. The molecule has 1 N–H and O–H groups in total. The van der Waals surface area contributed by atoms with Crippen LogP contribution >= 0.6 is 11.3 Å². The highest BCUT2D eigenvalue weighted by molar-refractivity contribution is 7.16. The van der Waals surface area contributed by atoms with Gasteiger partial charge in [-0.05, 0) is 45.0 Å². The summed E-state index contributed by atoms with van der Waals surface area (Å²) in [5.74, 6) is 0.117. The Labute approximate surface area is 178 Å². The van der Waals surface area contributed by atoms with E-state index in [1.807, 2.05) is 31.3 Å². The van der Waals surface area contributed by atoms with Crippen molar-refractivity contribution in [1.82, 2.24) is 24.9 Å². The van der Waals surface area contributed by atoms with Crippen molar-refractivity contribution in [2.24, 2.45) is 0 Å². The van der Waals surface area contributed by atoms with E-state index in [1.165, 1.54) is 11.3 Å². The number of phenolic OH excluding ortho intramolecular Hbond substituents is 1. The van der Waals surface area contributed by atoms with Crippen molar-refractivity contribution in [2.45, 2.75) is 57.0 Å². The van der Waals surface area contributed by atoms with Crippen LogP contribution in [0.1, 0.15) is 31.4 Å². The highest BCUT2D eigenvalue weighted by atomic mass is 32.1. The molecule has 2 fully saturated rings. The monoisotopic (exact) mass is 429 g/mol. The fraction of sp³-hybridized carbons (Fsp3) is 0.476. The molecule has 0 aliphatic carbocycles. The fourth-order valence-electron chi connectivity index (χ4n) is 4.55. The first-order valence-electron chi connectivity index (χ1n) is 10.2. The molecular weight excluding hydrogens is 405 g/mol. The van der Waals surface area contributed by atoms with Gasteiger partial charge in [-0.1, -0.05) is 16.4 Å². The lowest BCUT2D eigenvalue weighted by Crippen LogP contribution is -2.55. The van der Waals surface area contributed by atoms with Crippen molar-refractivity contribution in [3.8, 4) is 27.2 Å². The fourth-order valence-corrected chi connectivity index (χ4v) is 5.35. The van der Waals surface area contributed by atoms with Gasteiger partial charge >= 0.3 is 0 Å². The summed E-state index contributed by atoms with van der Waals surface area (Å²) < 4.78 is 21.7. The molecule has 30 heavy (non-hydrogen) atoms. The largest absolute Gasteiger partial charge is 0.507 e. The van der Waals surface area contributed by atoms with Gasteiger partial charge in [-0.15, -0.1) is 5.10 Å². The van der Waals surface area contributed by atoms with E-state index in [1.54, 1.807) is 10.7 Å². The Balaban J connectivity index is 1.30. The van der Waals surface area contributed by atoms with Crippen molar-refractivity contribution < 1.29 is 14.2 Å². The lowest BCUT2D eigenvalue weighted by atomic mass is 9.82. The van der Waals surface area contributed by atoms with Crippen molar-refractivity contribution in [3.05, 3.63) is 36.2 Å². The molecule has 5 rings (SSSR count). The molecule has 2 aliphatic rings. The average Bonchev–Trinajstić information content (AvgIpc) is 3.33. The quantitative estimate of drug-likeness (QED) is 0.681. The minimum absolute atomic E-state index is 0.0172. The maximum Gasteiger partial charge on any atom is 0.294 e. The third-order valence-electron chi connectivity index (χ3n) is 6.15. The van der Waals surface area contributed by atoms with Gasteiger partial charge in [0, 0.05) is 37.2 Å². The van der Waals surface area contributed by atoms with E-state index in [-0.39, 0.29) is 23.9 Å². The summed E-state index contributed by atoms with van der Waals surface area (Å²) in [5, 5.41) is 24.3. The van der Waals surface area contributed by atoms with E-state index in [0.29, 0.717) is 28.6 Å². The van der Waals surface area contributed by atoms with Gasteiger partial charge in [-0.2, -0.15) is 5.10 Å². The van der Waals surface area contributed by atoms with Crippen LogP contribution in [0.5, 0.6) is 10.9 Å². The van der Waals surface area contributed by atoms with Crippen LogP contribution in [0, 0.1) is 6.92 Å². The van der Waals surface area contributed by atoms with E-state index in [2.05, 4.69) is 27.2 Å². The predicted octanol–water partition coefficient (Wildman–Crippen LogP) is 3.75. The molecule has 0 radical (unpaired) electrons. The van der Waals surface area contributed by atoms with E-state index < -0.39 is 6.17 Å². The molecule has 4 heterocycles. The molecule has 3 aromatic rings. The van der Waals surface area contributed by atoms with Gasteiger partial charge in [-0.25, -0.2) is 9.07 Å². The molecule has 2 aromatic heterocycles. The zero-order valence-electron chi connectivity index (χ0n) is 16.9. The normalized spacial score (nSPS) is 26.6. The van der Waals surface area contributed by atoms with Crippen molar-refractivity contribution >= 4 is 11.3 Å². The number of rotatable bonds is 4. The van der Waals surface area contributed by atoms with Crippen molar-refractivity contribution in [2.75, 3.05) is 7.05 Å². The van der Waals surface area contributed by atoms with E-state index >= 15 is 0 Å². The van der Waals surface area contributed by atoms with E-state index in [0.717, 1.165) is 24.2 Å². The number of hydrogen-bond acceptors (Lipinski definition) is 7. The zero-order valence-corrected chi connectivity index (χ0v) is 17.7. The SMILES string of the molecule is Cc1ccn(-c2ccc(-c3nnc(OC4CC5CC(F)CC(C4)N5C)s3)c(O)c2)n1. The molecule has 1 aromatic carbocycles. The van der Waals surface area contributed by atoms with Crippen LogP contribution in [0.4, 0.5) is 4.39 Å². The van der Waals surface area contributed by atoms with Crippen LogP contribution in [-0.4, -0.2) is 61.4 Å². The van der Waals surface area contributed by atoms with Crippen LogP contribution in [-0.2, 0) is 0 Å². The van der Waals surface area contributed by atoms with Crippen LogP contribution in [0.15, 0.2) is 30.5 Å². The highest BCUT2D eigenvalue weighted by Gasteiger charge is 2.41. The molecule has 158 valence electrons. The van der Waals surface area contributed by atoms with E-state index in [4.69, 9.17) is 4.74 Å². The molecule has 9 heteroatoms. The topological polar surface area (TPSA) is 76.3 Å². The predicted molar refractivity (Wildman–Crippen MR) is 112 cm³/mol. The Morgan fingerprint density at radius 1 is 1.13 bits per heavy atom. The van der Waals surface area contributed by atoms with Crippen LogP contribution < -0.4 is 4.74 Å². The number of aryl methyl sites for hydroxylation is 1. The highest BCUT2D eigenvalue weighted by Crippen LogP contribution is 2.38. The third kappa shape index (κ3) is 3.67. The molecule has 0 spiro atoms. The van der Waals surface area contributed by atoms with Crippen molar-refractivity contribution in [1.29, 1.82) is 0 Å². The van der Waals surface area contributed by atoms with Crippen LogP contribution in [0.25, 0.3) is 16.3 Å². The van der Waals surface area contributed by atoms with Crippen molar-refractivity contribution in [3.63, 3.8) is 0 Å². The number of fused-ring (bicyclic) bond motifs is 2. The molecular formula is C21H24FN5O2S. The maximum atomic E-state index is 13.9. The number of phenols is 1. The smallest absolute Gasteiger partial charge is 0.294 e. The maximum absolute atomic E-state index is 13.9. The third-order valence-corrected chi connectivity index (χ3v) is 7.00. The number of aromatic hydroxyl groups is 1. The Morgan fingerprint density at radius 3 is 2.57 bits per heavy atom. The minimum atomic E-state index is -0.707. The summed E-state index contributed by atoms with van der Waals surface area (Å²) in [6.45, 7) is 1.92. The summed E-state index contributed by atoms with van der Waals surface area (Å²) >= 11 is 1.31. The zero-order chi connectivity index (χ0) is 20.8. The summed E-state index contributed by atoms with van der Waals surface area (Å²) in [6.07, 6.45) is 3.90. The van der Waals surface area contributed by atoms with E-state index in [9.17, 15) is 9.50 Å². The van der Waals surface area contributed by atoms with Gasteiger partial charge in [0.1, 0.15) is 18.0 Å². The minimum Gasteiger partial charge on any atom is -0.507 e. The molecule has 7 nitrogen and oxygen atoms in total. The molecule has 2 aliphatic heterocycles. The summed E-state index contributed by atoms with van der Waals surface area (Å²) in [6, 6.07) is 7.70. The molecule has 2 atom stereocenters. The Hall–Kier alpha value is -2.52. The number of aromatic nitrogens is 4. The van der Waals surface area contributed by atoms with Gasteiger partial charge in [0.15, 0.2) is 5.01 Å². The van der Waals surface area contributed by atoms with Gasteiger partial charge in [0.2, 0.25) is 0 Å². The first-order chi connectivity index (χ1) is 14.5. The Bertz CT molecular complexity index is 1040. The Morgan fingerprint density at radius 2 is 1.90 bits per heavy atom. The average molecular weight is 430 g/mol. The van der Waals surface area contributed by atoms with Gasteiger partial charge in [0.05, 0.1) is 16.9 Å². The molecule has 2 unspecified atom stereocenters. The van der Waals surface area contributed by atoms with Gasteiger partial charge in [0.25, 0.3) is 5.19 Å².